The molecule has 1 atom stereocenters. The molecule has 0 unspecified atom stereocenters. The van der Waals surface area contributed by atoms with E-state index in [1.807, 2.05) is 0 Å². The maximum atomic E-state index is 4.35. The Morgan fingerprint density at radius 3 is 2.33 bits per heavy atom. The van der Waals surface area contributed by atoms with Crippen molar-refractivity contribution in [3.8, 4) is 0 Å². The van der Waals surface area contributed by atoms with E-state index in [0.29, 0.717) is 6.04 Å². The number of thiol groups is 1. The van der Waals surface area contributed by atoms with Crippen molar-refractivity contribution in [1.82, 2.24) is 16.0 Å². The van der Waals surface area contributed by atoms with Gasteiger partial charge in [-0.2, -0.15) is 12.6 Å². The van der Waals surface area contributed by atoms with Gasteiger partial charge in [0.2, 0.25) is 0 Å². The molecule has 0 bridgehead atoms. The normalized spacial score (nSPS) is 14.2. The highest BCUT2D eigenvalue weighted by Gasteiger charge is 2.17. The van der Waals surface area contributed by atoms with Gasteiger partial charge >= 0.3 is 0 Å². The number of nitrogens with one attached hydrogen (secondary N) is 3. The Morgan fingerprint density at radius 2 is 1.87 bits per heavy atom. The van der Waals surface area contributed by atoms with Crippen molar-refractivity contribution in [3.05, 3.63) is 0 Å². The number of hydrogen-bond acceptors (Lipinski definition) is 4. The van der Waals surface area contributed by atoms with Crippen molar-refractivity contribution in [2.45, 2.75) is 39.3 Å². The van der Waals surface area contributed by atoms with Crippen LogP contribution in [-0.2, 0) is 0 Å². The van der Waals surface area contributed by atoms with Gasteiger partial charge in [0.1, 0.15) is 0 Å². The molecule has 92 valence electrons. The van der Waals surface area contributed by atoms with Crippen LogP contribution in [-0.4, -0.2) is 43.5 Å². The van der Waals surface area contributed by atoms with Gasteiger partial charge in [-0.25, -0.2) is 0 Å². The van der Waals surface area contributed by atoms with Gasteiger partial charge in [-0.1, -0.05) is 13.8 Å². The molecule has 3 nitrogen and oxygen atoms in total. The van der Waals surface area contributed by atoms with Crippen LogP contribution in [0.2, 0.25) is 0 Å². The summed E-state index contributed by atoms with van der Waals surface area (Å²) in [6, 6.07) is 0.450. The molecule has 0 radical (unpaired) electrons. The maximum absolute atomic E-state index is 4.35. The molecule has 0 spiro atoms. The van der Waals surface area contributed by atoms with Crippen LogP contribution in [0.15, 0.2) is 0 Å². The van der Waals surface area contributed by atoms with E-state index in [-0.39, 0.29) is 5.54 Å². The second-order valence-electron chi connectivity index (χ2n) is 4.48. The molecule has 0 rings (SSSR count). The first kappa shape index (κ1) is 15.2. The molecular weight excluding hydrogens is 206 g/mol. The molecule has 0 aliphatic heterocycles. The zero-order chi connectivity index (χ0) is 11.7. The van der Waals surface area contributed by atoms with Crippen LogP contribution in [0.1, 0.15) is 27.7 Å². The van der Waals surface area contributed by atoms with E-state index < -0.39 is 0 Å². The van der Waals surface area contributed by atoms with Crippen molar-refractivity contribution in [1.29, 1.82) is 0 Å². The van der Waals surface area contributed by atoms with Gasteiger partial charge in [-0.15, -0.1) is 0 Å². The number of rotatable bonds is 9. The van der Waals surface area contributed by atoms with Crippen LogP contribution in [0, 0.1) is 0 Å². The smallest absolute Gasteiger partial charge is 0.0281 e. The summed E-state index contributed by atoms with van der Waals surface area (Å²) in [4.78, 5) is 0. The van der Waals surface area contributed by atoms with Crippen LogP contribution in [0.4, 0.5) is 0 Å². The van der Waals surface area contributed by atoms with E-state index in [2.05, 4.69) is 56.3 Å². The Kier molecular flexibility index (Phi) is 8.52. The third kappa shape index (κ3) is 8.08. The summed E-state index contributed by atoms with van der Waals surface area (Å²) < 4.78 is 0. The van der Waals surface area contributed by atoms with Crippen LogP contribution in [0.25, 0.3) is 0 Å². The van der Waals surface area contributed by atoms with Crippen molar-refractivity contribution in [2.75, 3.05) is 31.9 Å². The highest BCUT2D eigenvalue weighted by molar-refractivity contribution is 7.80. The Morgan fingerprint density at radius 1 is 1.20 bits per heavy atom. The molecule has 0 aliphatic rings. The Balaban J connectivity index is 3.77. The first-order valence-electron chi connectivity index (χ1n) is 5.85. The molecular formula is C11H27N3S. The Hall–Kier alpha value is 0.230. The highest BCUT2D eigenvalue weighted by atomic mass is 32.1. The summed E-state index contributed by atoms with van der Waals surface area (Å²) in [5, 5.41) is 10.3. The summed E-state index contributed by atoms with van der Waals surface area (Å²) >= 11 is 4.35. The lowest BCUT2D eigenvalue weighted by molar-refractivity contribution is 0.353. The highest BCUT2D eigenvalue weighted by Crippen LogP contribution is 2.00. The topological polar surface area (TPSA) is 36.1 Å². The van der Waals surface area contributed by atoms with E-state index in [9.17, 15) is 0 Å². The maximum Gasteiger partial charge on any atom is 0.0281 e. The molecule has 15 heavy (non-hydrogen) atoms. The second kappa shape index (κ2) is 8.39. The largest absolute Gasteiger partial charge is 0.315 e. The first-order chi connectivity index (χ1) is 7.05. The van der Waals surface area contributed by atoms with E-state index in [0.717, 1.165) is 31.9 Å². The van der Waals surface area contributed by atoms with E-state index in [1.165, 1.54) is 0 Å². The van der Waals surface area contributed by atoms with Gasteiger partial charge in [0.15, 0.2) is 0 Å². The quantitative estimate of drug-likeness (QED) is 0.446. The lowest BCUT2D eigenvalue weighted by Crippen LogP contribution is -2.52. The predicted octanol–water partition coefficient (Wildman–Crippen LogP) is 0.872. The molecule has 0 saturated carbocycles. The van der Waals surface area contributed by atoms with E-state index in [1.54, 1.807) is 0 Å². The Labute approximate surface area is 100 Å². The molecule has 4 heteroatoms. The molecule has 0 aromatic carbocycles. The Bertz CT molecular complexity index is 151. The molecule has 0 aliphatic carbocycles. The first-order valence-corrected chi connectivity index (χ1v) is 6.49. The summed E-state index contributed by atoms with van der Waals surface area (Å²) in [6.07, 6.45) is 0. The summed E-state index contributed by atoms with van der Waals surface area (Å²) in [5.41, 5.74) is 0.155. The third-order valence-electron chi connectivity index (χ3n) is 2.35. The molecule has 0 saturated heterocycles. The molecule has 3 N–H and O–H groups in total. The SMILES string of the molecule is CCNC[C@@H](CS)NCC(C)(C)NCC. The van der Waals surface area contributed by atoms with Crippen molar-refractivity contribution in [2.24, 2.45) is 0 Å². The minimum Gasteiger partial charge on any atom is -0.315 e. The minimum absolute atomic E-state index is 0.155. The van der Waals surface area contributed by atoms with Gasteiger partial charge < -0.3 is 16.0 Å². The van der Waals surface area contributed by atoms with Gasteiger partial charge in [0.25, 0.3) is 0 Å². The summed E-state index contributed by atoms with van der Waals surface area (Å²) in [5.74, 6) is 0.870. The lowest BCUT2D eigenvalue weighted by Gasteiger charge is -2.29. The van der Waals surface area contributed by atoms with Gasteiger partial charge in [0.05, 0.1) is 0 Å². The monoisotopic (exact) mass is 233 g/mol. The van der Waals surface area contributed by atoms with Crippen molar-refractivity contribution < 1.29 is 0 Å². The van der Waals surface area contributed by atoms with E-state index >= 15 is 0 Å². The van der Waals surface area contributed by atoms with Crippen LogP contribution in [0.5, 0.6) is 0 Å². The second-order valence-corrected chi connectivity index (χ2v) is 4.85. The van der Waals surface area contributed by atoms with Gasteiger partial charge in [-0.3, -0.25) is 0 Å². The number of likely N-dealkylation sites (N-methyl/N-ethyl adjacent to an activating group) is 2. The van der Waals surface area contributed by atoms with Crippen LogP contribution >= 0.6 is 12.6 Å². The van der Waals surface area contributed by atoms with Crippen LogP contribution < -0.4 is 16.0 Å². The van der Waals surface area contributed by atoms with Crippen LogP contribution in [0.3, 0.4) is 0 Å². The average molecular weight is 233 g/mol. The molecule has 0 heterocycles. The van der Waals surface area contributed by atoms with Gasteiger partial charge in [-0.05, 0) is 26.9 Å². The predicted molar refractivity (Wildman–Crippen MR) is 71.9 cm³/mol. The lowest BCUT2D eigenvalue weighted by atomic mass is 10.1. The fourth-order valence-corrected chi connectivity index (χ4v) is 1.72. The molecule has 0 aromatic heterocycles. The van der Waals surface area contributed by atoms with E-state index in [4.69, 9.17) is 0 Å². The van der Waals surface area contributed by atoms with Gasteiger partial charge in [0, 0.05) is 30.4 Å². The average Bonchev–Trinajstić information content (AvgIpc) is 2.18. The minimum atomic E-state index is 0.155. The summed E-state index contributed by atoms with van der Waals surface area (Å²) in [6.45, 7) is 12.7. The zero-order valence-electron chi connectivity index (χ0n) is 10.6. The third-order valence-corrected chi connectivity index (χ3v) is 2.79. The molecule has 0 fully saturated rings. The van der Waals surface area contributed by atoms with Crippen molar-refractivity contribution in [3.63, 3.8) is 0 Å². The fourth-order valence-electron chi connectivity index (χ4n) is 1.46. The fraction of sp³-hybridized carbons (Fsp3) is 1.00. The summed E-state index contributed by atoms with van der Waals surface area (Å²) in [7, 11) is 0. The molecule has 0 aromatic rings. The number of hydrogen-bond donors (Lipinski definition) is 4. The van der Waals surface area contributed by atoms with Crippen molar-refractivity contribution >= 4 is 12.6 Å². The molecule has 0 amide bonds. The zero-order valence-corrected chi connectivity index (χ0v) is 11.5. The standard InChI is InChI=1S/C11H27N3S/c1-5-12-7-10(8-15)13-9-11(3,4)14-6-2/h10,12-15H,5-9H2,1-4H3/t10-/m0/s1.